The summed E-state index contributed by atoms with van der Waals surface area (Å²) < 4.78 is 5.45. The first-order chi connectivity index (χ1) is 12.1. The number of pyridine rings is 1. The molecule has 1 aromatic carbocycles. The van der Waals surface area contributed by atoms with E-state index in [1.54, 1.807) is 12.1 Å². The summed E-state index contributed by atoms with van der Waals surface area (Å²) in [6.07, 6.45) is 0.842. The molecule has 25 heavy (non-hydrogen) atoms. The van der Waals surface area contributed by atoms with Crippen LogP contribution in [0, 0.1) is 6.92 Å². The summed E-state index contributed by atoms with van der Waals surface area (Å²) >= 11 is 0. The number of aliphatic hydroxyl groups excluding tert-OH is 1. The molecule has 0 saturated heterocycles. The van der Waals surface area contributed by atoms with Gasteiger partial charge in [0.05, 0.1) is 24.4 Å². The fourth-order valence-electron chi connectivity index (χ4n) is 3.14. The average Bonchev–Trinajstić information content (AvgIpc) is 2.60. The molecule has 0 spiro atoms. The van der Waals surface area contributed by atoms with E-state index in [1.807, 2.05) is 38.1 Å². The zero-order valence-electron chi connectivity index (χ0n) is 14.5. The van der Waals surface area contributed by atoms with E-state index in [0.717, 1.165) is 17.5 Å². The number of amides is 2. The van der Waals surface area contributed by atoms with Crippen LogP contribution >= 0.6 is 0 Å². The maximum Gasteiger partial charge on any atom is 0.320 e. The highest BCUT2D eigenvalue weighted by Gasteiger charge is 2.29. The van der Waals surface area contributed by atoms with Crippen molar-refractivity contribution in [3.05, 3.63) is 53.2 Å². The predicted molar refractivity (Wildman–Crippen MR) is 95.8 cm³/mol. The lowest BCUT2D eigenvalue weighted by atomic mass is 9.86. The van der Waals surface area contributed by atoms with Gasteiger partial charge in [-0.15, -0.1) is 0 Å². The highest BCUT2D eigenvalue weighted by Crippen LogP contribution is 2.30. The number of carbonyl (C=O) groups is 1. The third kappa shape index (κ3) is 3.91. The van der Waals surface area contributed by atoms with Crippen molar-refractivity contribution in [1.29, 1.82) is 0 Å². The van der Waals surface area contributed by atoms with Gasteiger partial charge in [0.2, 0.25) is 0 Å². The lowest BCUT2D eigenvalue weighted by Crippen LogP contribution is -2.41. The van der Waals surface area contributed by atoms with Crippen molar-refractivity contribution in [3.63, 3.8) is 0 Å². The minimum Gasteiger partial charge on any atom is -0.492 e. The number of rotatable bonds is 4. The number of anilines is 1. The van der Waals surface area contributed by atoms with Crippen molar-refractivity contribution in [2.75, 3.05) is 11.9 Å². The molecule has 132 valence electrons. The zero-order valence-corrected chi connectivity index (χ0v) is 14.5. The molecule has 2 aromatic rings. The molecule has 2 atom stereocenters. The van der Waals surface area contributed by atoms with Gasteiger partial charge in [0, 0.05) is 0 Å². The SMILES string of the molecule is CCOc1ccc(NC(=O)N[C@H]2c3ccccc3CC[C@H]2O)nc1C. The van der Waals surface area contributed by atoms with Crippen LogP contribution in [0.2, 0.25) is 0 Å². The number of benzene rings is 1. The largest absolute Gasteiger partial charge is 0.492 e. The molecule has 1 aromatic heterocycles. The van der Waals surface area contributed by atoms with Crippen LogP contribution in [0.1, 0.15) is 36.2 Å². The van der Waals surface area contributed by atoms with Gasteiger partial charge >= 0.3 is 6.03 Å². The molecule has 1 aliphatic rings. The Morgan fingerprint density at radius 2 is 2.12 bits per heavy atom. The molecule has 6 heteroatoms. The first-order valence-electron chi connectivity index (χ1n) is 8.52. The van der Waals surface area contributed by atoms with Crippen LogP contribution in [-0.2, 0) is 6.42 Å². The molecule has 0 saturated carbocycles. The summed E-state index contributed by atoms with van der Waals surface area (Å²) in [5.74, 6) is 1.14. The molecule has 1 heterocycles. The Morgan fingerprint density at radius 1 is 1.32 bits per heavy atom. The maximum absolute atomic E-state index is 12.4. The number of ether oxygens (including phenoxy) is 1. The van der Waals surface area contributed by atoms with Crippen molar-refractivity contribution in [3.8, 4) is 5.75 Å². The van der Waals surface area contributed by atoms with E-state index in [2.05, 4.69) is 15.6 Å². The Hall–Kier alpha value is -2.60. The molecule has 0 bridgehead atoms. The Kier molecular flexibility index (Phi) is 5.19. The summed E-state index contributed by atoms with van der Waals surface area (Å²) in [6.45, 7) is 4.30. The van der Waals surface area contributed by atoms with Crippen LogP contribution in [0.4, 0.5) is 10.6 Å². The summed E-state index contributed by atoms with van der Waals surface area (Å²) in [7, 11) is 0. The number of hydrogen-bond donors (Lipinski definition) is 3. The predicted octanol–water partition coefficient (Wildman–Crippen LogP) is 2.96. The smallest absolute Gasteiger partial charge is 0.320 e. The summed E-state index contributed by atoms with van der Waals surface area (Å²) in [4.78, 5) is 16.7. The zero-order chi connectivity index (χ0) is 17.8. The van der Waals surface area contributed by atoms with Crippen molar-refractivity contribution in [1.82, 2.24) is 10.3 Å². The van der Waals surface area contributed by atoms with E-state index in [4.69, 9.17) is 4.74 Å². The maximum atomic E-state index is 12.4. The number of nitrogens with one attached hydrogen (secondary N) is 2. The summed E-state index contributed by atoms with van der Waals surface area (Å²) in [6, 6.07) is 10.5. The number of hydrogen-bond acceptors (Lipinski definition) is 4. The van der Waals surface area contributed by atoms with E-state index in [9.17, 15) is 9.90 Å². The molecule has 3 N–H and O–H groups in total. The second kappa shape index (κ2) is 7.53. The third-order valence-electron chi connectivity index (χ3n) is 4.35. The van der Waals surface area contributed by atoms with E-state index < -0.39 is 18.2 Å². The fraction of sp³-hybridized carbons (Fsp3) is 0.368. The number of aryl methyl sites for hydroxylation is 2. The Morgan fingerprint density at radius 3 is 2.88 bits per heavy atom. The minimum atomic E-state index is -0.601. The van der Waals surface area contributed by atoms with Gasteiger partial charge in [-0.05, 0) is 49.9 Å². The molecule has 2 amide bonds. The monoisotopic (exact) mass is 341 g/mol. The first-order valence-corrected chi connectivity index (χ1v) is 8.52. The van der Waals surface area contributed by atoms with Crippen molar-refractivity contribution in [2.24, 2.45) is 0 Å². The van der Waals surface area contributed by atoms with Gasteiger partial charge < -0.3 is 15.2 Å². The Bertz CT molecular complexity index is 763. The summed E-state index contributed by atoms with van der Waals surface area (Å²) in [5.41, 5.74) is 2.84. The van der Waals surface area contributed by atoms with Gasteiger partial charge in [0.15, 0.2) is 0 Å². The molecule has 3 rings (SSSR count). The lowest BCUT2D eigenvalue weighted by molar-refractivity contribution is 0.114. The number of carbonyl (C=O) groups excluding carboxylic acids is 1. The fourth-order valence-corrected chi connectivity index (χ4v) is 3.14. The van der Waals surface area contributed by atoms with Crippen LogP contribution < -0.4 is 15.4 Å². The molecule has 1 aliphatic carbocycles. The highest BCUT2D eigenvalue weighted by molar-refractivity contribution is 5.88. The van der Waals surface area contributed by atoms with Gasteiger partial charge in [0.25, 0.3) is 0 Å². The van der Waals surface area contributed by atoms with Gasteiger partial charge in [0.1, 0.15) is 11.6 Å². The lowest BCUT2D eigenvalue weighted by Gasteiger charge is -2.30. The second-order valence-electron chi connectivity index (χ2n) is 6.09. The van der Waals surface area contributed by atoms with Gasteiger partial charge in [-0.25, -0.2) is 9.78 Å². The quantitative estimate of drug-likeness (QED) is 0.798. The molecule has 0 aliphatic heterocycles. The van der Waals surface area contributed by atoms with Crippen LogP contribution in [-0.4, -0.2) is 28.8 Å². The van der Waals surface area contributed by atoms with Crippen LogP contribution in [0.5, 0.6) is 5.75 Å². The molecule has 6 nitrogen and oxygen atoms in total. The van der Waals surface area contributed by atoms with Crippen molar-refractivity contribution in [2.45, 2.75) is 38.8 Å². The Labute approximate surface area is 147 Å². The topological polar surface area (TPSA) is 83.5 Å². The molecular formula is C19H23N3O3. The van der Waals surface area contributed by atoms with E-state index in [1.165, 1.54) is 0 Å². The number of aromatic nitrogens is 1. The number of fused-ring (bicyclic) bond motifs is 1. The van der Waals surface area contributed by atoms with E-state index in [-0.39, 0.29) is 0 Å². The highest BCUT2D eigenvalue weighted by atomic mass is 16.5. The summed E-state index contributed by atoms with van der Waals surface area (Å²) in [5, 5.41) is 15.9. The van der Waals surface area contributed by atoms with E-state index in [0.29, 0.717) is 30.3 Å². The van der Waals surface area contributed by atoms with Gasteiger partial charge in [-0.2, -0.15) is 0 Å². The minimum absolute atomic E-state index is 0.392. The van der Waals surface area contributed by atoms with Crippen LogP contribution in [0.25, 0.3) is 0 Å². The Balaban J connectivity index is 1.69. The average molecular weight is 341 g/mol. The second-order valence-corrected chi connectivity index (χ2v) is 6.09. The van der Waals surface area contributed by atoms with Crippen molar-refractivity contribution < 1.29 is 14.6 Å². The number of urea groups is 1. The van der Waals surface area contributed by atoms with E-state index >= 15 is 0 Å². The molecule has 0 unspecified atom stereocenters. The number of nitrogens with zero attached hydrogens (tertiary/aromatic N) is 1. The normalized spacial score (nSPS) is 19.0. The molecular weight excluding hydrogens is 318 g/mol. The van der Waals surface area contributed by atoms with Gasteiger partial charge in [-0.3, -0.25) is 5.32 Å². The molecule has 0 radical (unpaired) electrons. The van der Waals surface area contributed by atoms with Crippen molar-refractivity contribution >= 4 is 11.8 Å². The standard InChI is InChI=1S/C19H23N3O3/c1-3-25-16-10-11-17(20-12(16)2)21-19(24)22-18-14-7-5-4-6-13(14)8-9-15(18)23/h4-7,10-11,15,18,23H,3,8-9H2,1-2H3,(H2,20,21,22,24)/t15-,18+/m1/s1. The van der Waals surface area contributed by atoms with Gasteiger partial charge in [-0.1, -0.05) is 24.3 Å². The van der Waals surface area contributed by atoms with Crippen LogP contribution in [0.15, 0.2) is 36.4 Å². The first kappa shape index (κ1) is 17.2. The molecule has 0 fully saturated rings. The third-order valence-corrected chi connectivity index (χ3v) is 4.35. The van der Waals surface area contributed by atoms with Crippen LogP contribution in [0.3, 0.4) is 0 Å². The number of aliphatic hydroxyl groups is 1.